The highest BCUT2D eigenvalue weighted by molar-refractivity contribution is 7.11. The van der Waals surface area contributed by atoms with Crippen LogP contribution < -0.4 is 0 Å². The van der Waals surface area contributed by atoms with Crippen molar-refractivity contribution in [3.8, 4) is 0 Å². The maximum Gasteiger partial charge on any atom is 0.309 e. The lowest BCUT2D eigenvalue weighted by Crippen LogP contribution is -2.19. The summed E-state index contributed by atoms with van der Waals surface area (Å²) < 4.78 is 0. The molecule has 4 nitrogen and oxygen atoms in total. The van der Waals surface area contributed by atoms with Gasteiger partial charge in [0, 0.05) is 11.4 Å². The summed E-state index contributed by atoms with van der Waals surface area (Å²) in [4.78, 5) is 18.7. The topological polar surface area (TPSA) is 53.4 Å². The van der Waals surface area contributed by atoms with E-state index in [1.54, 1.807) is 11.3 Å². The first-order chi connectivity index (χ1) is 9.06. The van der Waals surface area contributed by atoms with Crippen LogP contribution in [-0.4, -0.2) is 34.6 Å². The van der Waals surface area contributed by atoms with Gasteiger partial charge in [0.25, 0.3) is 0 Å². The number of unbranched alkanes of at least 4 members (excludes halogenated alkanes) is 1. The number of thiazole rings is 1. The molecule has 0 fully saturated rings. The monoisotopic (exact) mass is 284 g/mol. The van der Waals surface area contributed by atoms with Crippen molar-refractivity contribution in [3.63, 3.8) is 0 Å². The quantitative estimate of drug-likeness (QED) is 0.757. The second-order valence-corrected chi connectivity index (χ2v) is 6.06. The van der Waals surface area contributed by atoms with Crippen molar-refractivity contribution in [2.45, 2.75) is 52.5 Å². The third-order valence-electron chi connectivity index (χ3n) is 2.91. The SMILES string of the molecule is CCCCN(C)Cc1sc(CCC)nc1CC(=O)O. The molecule has 0 aliphatic rings. The molecule has 1 aromatic rings. The Hall–Kier alpha value is -0.940. The highest BCUT2D eigenvalue weighted by atomic mass is 32.1. The van der Waals surface area contributed by atoms with Crippen LogP contribution in [-0.2, 0) is 24.2 Å². The minimum atomic E-state index is -0.800. The molecule has 0 aliphatic heterocycles. The highest BCUT2D eigenvalue weighted by Crippen LogP contribution is 2.22. The number of carboxylic acids is 1. The molecule has 19 heavy (non-hydrogen) atoms. The van der Waals surface area contributed by atoms with Gasteiger partial charge in [0.15, 0.2) is 0 Å². The van der Waals surface area contributed by atoms with Gasteiger partial charge in [0.2, 0.25) is 0 Å². The highest BCUT2D eigenvalue weighted by Gasteiger charge is 2.15. The van der Waals surface area contributed by atoms with Gasteiger partial charge in [-0.05, 0) is 32.9 Å². The fraction of sp³-hybridized carbons (Fsp3) is 0.714. The fourth-order valence-electron chi connectivity index (χ4n) is 1.91. The summed E-state index contributed by atoms with van der Waals surface area (Å²) in [5.41, 5.74) is 0.754. The molecule has 0 atom stereocenters. The maximum atomic E-state index is 10.9. The summed E-state index contributed by atoms with van der Waals surface area (Å²) in [6, 6.07) is 0. The Morgan fingerprint density at radius 2 is 2.11 bits per heavy atom. The third kappa shape index (κ3) is 5.70. The molecule has 0 bridgehead atoms. The molecule has 0 unspecified atom stereocenters. The number of hydrogen-bond donors (Lipinski definition) is 1. The average molecular weight is 284 g/mol. The van der Waals surface area contributed by atoms with E-state index in [9.17, 15) is 4.79 Å². The number of carbonyl (C=O) groups is 1. The minimum absolute atomic E-state index is 0.0389. The molecule has 1 heterocycles. The molecule has 5 heteroatoms. The lowest BCUT2D eigenvalue weighted by atomic mass is 10.2. The smallest absolute Gasteiger partial charge is 0.309 e. The second-order valence-electron chi connectivity index (χ2n) is 4.89. The lowest BCUT2D eigenvalue weighted by molar-refractivity contribution is -0.136. The number of rotatable bonds is 9. The zero-order valence-electron chi connectivity index (χ0n) is 12.1. The van der Waals surface area contributed by atoms with Gasteiger partial charge in [-0.2, -0.15) is 0 Å². The first-order valence-electron chi connectivity index (χ1n) is 6.94. The van der Waals surface area contributed by atoms with Crippen molar-refractivity contribution in [2.24, 2.45) is 0 Å². The van der Waals surface area contributed by atoms with Crippen LogP contribution in [0.5, 0.6) is 0 Å². The zero-order valence-corrected chi connectivity index (χ0v) is 12.9. The lowest BCUT2D eigenvalue weighted by Gasteiger charge is -2.15. The molecule has 0 radical (unpaired) electrons. The van der Waals surface area contributed by atoms with Crippen LogP contribution in [0.1, 0.15) is 48.7 Å². The van der Waals surface area contributed by atoms with Gasteiger partial charge in [0.1, 0.15) is 0 Å². The number of carboxylic acid groups (broad SMARTS) is 1. The van der Waals surface area contributed by atoms with Crippen molar-refractivity contribution < 1.29 is 9.90 Å². The van der Waals surface area contributed by atoms with Crippen LogP contribution in [0.15, 0.2) is 0 Å². The largest absolute Gasteiger partial charge is 0.481 e. The van der Waals surface area contributed by atoms with E-state index < -0.39 is 5.97 Å². The van der Waals surface area contributed by atoms with E-state index in [0.29, 0.717) is 0 Å². The fourth-order valence-corrected chi connectivity index (χ4v) is 3.18. The molecule has 108 valence electrons. The molecule has 0 spiro atoms. The predicted octanol–water partition coefficient (Wildman–Crippen LogP) is 2.95. The number of hydrogen-bond acceptors (Lipinski definition) is 4. The van der Waals surface area contributed by atoms with Crippen molar-refractivity contribution in [2.75, 3.05) is 13.6 Å². The molecule has 0 saturated carbocycles. The first kappa shape index (κ1) is 16.1. The van der Waals surface area contributed by atoms with E-state index >= 15 is 0 Å². The molecule has 0 saturated heterocycles. The summed E-state index contributed by atoms with van der Waals surface area (Å²) >= 11 is 1.67. The van der Waals surface area contributed by atoms with Crippen molar-refractivity contribution in [3.05, 3.63) is 15.6 Å². The van der Waals surface area contributed by atoms with Gasteiger partial charge in [-0.3, -0.25) is 4.79 Å². The Bertz CT molecular complexity index is 404. The van der Waals surface area contributed by atoms with Crippen molar-refractivity contribution in [1.82, 2.24) is 9.88 Å². The van der Waals surface area contributed by atoms with E-state index in [1.807, 2.05) is 0 Å². The van der Waals surface area contributed by atoms with Gasteiger partial charge in [-0.15, -0.1) is 11.3 Å². The summed E-state index contributed by atoms with van der Waals surface area (Å²) in [5, 5.41) is 10.0. The molecule has 1 N–H and O–H groups in total. The Kier molecular flexibility index (Phi) is 7.02. The maximum absolute atomic E-state index is 10.9. The number of aromatic nitrogens is 1. The molecular formula is C14H24N2O2S. The van der Waals surface area contributed by atoms with Crippen LogP contribution in [0.2, 0.25) is 0 Å². The van der Waals surface area contributed by atoms with Crippen molar-refractivity contribution in [1.29, 1.82) is 0 Å². The van der Waals surface area contributed by atoms with E-state index in [2.05, 4.69) is 30.8 Å². The molecule has 0 aliphatic carbocycles. The third-order valence-corrected chi connectivity index (χ3v) is 4.05. The first-order valence-corrected chi connectivity index (χ1v) is 7.76. The summed E-state index contributed by atoms with van der Waals surface area (Å²) in [7, 11) is 2.08. The Morgan fingerprint density at radius 1 is 1.37 bits per heavy atom. The summed E-state index contributed by atoms with van der Waals surface area (Å²) in [6.07, 6.45) is 4.37. The molecule has 1 rings (SSSR count). The van der Waals surface area contributed by atoms with Gasteiger partial charge in [-0.25, -0.2) is 4.98 Å². The normalized spacial score (nSPS) is 11.2. The van der Waals surface area contributed by atoms with Crippen LogP contribution in [0.3, 0.4) is 0 Å². The Morgan fingerprint density at radius 3 is 2.68 bits per heavy atom. The molecule has 1 aromatic heterocycles. The van der Waals surface area contributed by atoms with Gasteiger partial charge in [-0.1, -0.05) is 20.3 Å². The van der Waals surface area contributed by atoms with Gasteiger partial charge >= 0.3 is 5.97 Å². The van der Waals surface area contributed by atoms with Gasteiger partial charge in [0.05, 0.1) is 17.1 Å². The summed E-state index contributed by atoms with van der Waals surface area (Å²) in [5.74, 6) is -0.800. The number of aryl methyl sites for hydroxylation is 1. The van der Waals surface area contributed by atoms with Gasteiger partial charge < -0.3 is 10.0 Å². The Labute approximate surface area is 119 Å². The van der Waals surface area contributed by atoms with Crippen LogP contribution in [0.25, 0.3) is 0 Å². The van der Waals surface area contributed by atoms with Crippen LogP contribution in [0, 0.1) is 0 Å². The number of nitrogens with zero attached hydrogens (tertiary/aromatic N) is 2. The van der Waals surface area contributed by atoms with E-state index in [0.717, 1.165) is 41.5 Å². The number of aliphatic carboxylic acids is 1. The predicted molar refractivity (Wildman–Crippen MR) is 78.7 cm³/mol. The second kappa shape index (κ2) is 8.27. The molecule has 0 aromatic carbocycles. The van der Waals surface area contributed by atoms with E-state index in [1.165, 1.54) is 12.8 Å². The molecule has 0 amide bonds. The minimum Gasteiger partial charge on any atom is -0.481 e. The Balaban J connectivity index is 2.74. The standard InChI is InChI=1S/C14H24N2O2S/c1-4-6-8-16(3)10-12-11(9-14(17)18)15-13(19-12)7-5-2/h4-10H2,1-3H3,(H,17,18). The average Bonchev–Trinajstić information content (AvgIpc) is 2.68. The van der Waals surface area contributed by atoms with E-state index in [4.69, 9.17) is 5.11 Å². The summed E-state index contributed by atoms with van der Waals surface area (Å²) in [6.45, 7) is 6.15. The van der Waals surface area contributed by atoms with Crippen LogP contribution >= 0.6 is 11.3 Å². The van der Waals surface area contributed by atoms with Crippen LogP contribution in [0.4, 0.5) is 0 Å². The molecular weight excluding hydrogens is 260 g/mol. The van der Waals surface area contributed by atoms with E-state index in [-0.39, 0.29) is 6.42 Å². The van der Waals surface area contributed by atoms with Crippen molar-refractivity contribution >= 4 is 17.3 Å². The zero-order chi connectivity index (χ0) is 14.3.